The lowest BCUT2D eigenvalue weighted by molar-refractivity contribution is 0.243. The Kier molecular flexibility index (Phi) is 10.4. The number of benzene rings is 1. The summed E-state index contributed by atoms with van der Waals surface area (Å²) >= 11 is 0. The lowest BCUT2D eigenvalue weighted by Crippen LogP contribution is -2.44. The highest BCUT2D eigenvalue weighted by Crippen LogP contribution is 2.31. The summed E-state index contributed by atoms with van der Waals surface area (Å²) in [6.45, 7) is 13.6. The minimum absolute atomic E-state index is 0.462. The fourth-order valence-corrected chi connectivity index (χ4v) is 3.18. The van der Waals surface area contributed by atoms with Gasteiger partial charge in [0, 0.05) is 62.7 Å². The Morgan fingerprint density at radius 3 is 2.35 bits per heavy atom. The number of anilines is 2. The van der Waals surface area contributed by atoms with E-state index in [1.54, 1.807) is 31.0 Å². The van der Waals surface area contributed by atoms with Gasteiger partial charge in [-0.05, 0) is 37.3 Å². The molecule has 7 heteroatoms. The maximum Gasteiger partial charge on any atom is 0.152 e. The van der Waals surface area contributed by atoms with Crippen molar-refractivity contribution in [3.05, 3.63) is 72.5 Å². The van der Waals surface area contributed by atoms with E-state index in [4.69, 9.17) is 0 Å². The number of rotatable bonds is 7. The molecule has 2 aromatic rings. The van der Waals surface area contributed by atoms with E-state index in [1.807, 2.05) is 19.1 Å². The number of nitrogens with zero attached hydrogens (tertiary/aromatic N) is 4. The van der Waals surface area contributed by atoms with Crippen molar-refractivity contribution in [2.45, 2.75) is 32.9 Å². The number of piperazine rings is 1. The van der Waals surface area contributed by atoms with Crippen LogP contribution in [-0.4, -0.2) is 54.2 Å². The predicted molar refractivity (Wildman–Crippen MR) is 130 cm³/mol. The average Bonchev–Trinajstić information content (AvgIpc) is 2.81. The molecule has 1 unspecified atom stereocenters. The summed E-state index contributed by atoms with van der Waals surface area (Å²) < 4.78 is 0. The molecule has 0 radical (unpaired) electrons. The number of aliphatic imine (C=N–C) groups is 1. The lowest BCUT2D eigenvalue weighted by atomic mass is 10.0. The number of hydrogen-bond donors (Lipinski definition) is 3. The van der Waals surface area contributed by atoms with Gasteiger partial charge in [0.1, 0.15) is 0 Å². The second-order valence-corrected chi connectivity index (χ2v) is 7.42. The summed E-state index contributed by atoms with van der Waals surface area (Å²) in [5.41, 5.74) is 4.04. The highest BCUT2D eigenvalue weighted by atomic mass is 16.3. The Hall–Kier alpha value is -3.03. The number of aromatic nitrogens is 2. The average molecular weight is 423 g/mol. The minimum atomic E-state index is -0.840. The monoisotopic (exact) mass is 422 g/mol. The molecule has 2 heterocycles. The van der Waals surface area contributed by atoms with Crippen molar-refractivity contribution in [3.8, 4) is 0 Å². The Morgan fingerprint density at radius 1 is 1.19 bits per heavy atom. The molecule has 1 atom stereocenters. The second-order valence-electron chi connectivity index (χ2n) is 7.42. The van der Waals surface area contributed by atoms with E-state index in [0.717, 1.165) is 37.6 Å². The SMILES string of the molecule is C=N/C=C(\C=C/C)C(O)Nc1ccc(C(C)C)cc1N1CCNCC1.c1cnccn1. The molecule has 1 aliphatic heterocycles. The van der Waals surface area contributed by atoms with E-state index in [1.165, 1.54) is 5.56 Å². The molecule has 3 rings (SSSR count). The molecular weight excluding hydrogens is 388 g/mol. The van der Waals surface area contributed by atoms with Gasteiger partial charge in [-0.3, -0.25) is 15.0 Å². The van der Waals surface area contributed by atoms with Crippen molar-refractivity contribution in [2.24, 2.45) is 4.99 Å². The molecule has 1 saturated heterocycles. The van der Waals surface area contributed by atoms with Crippen LogP contribution in [0.1, 0.15) is 32.3 Å². The topological polar surface area (TPSA) is 85.7 Å². The Bertz CT molecular complexity index is 818. The molecule has 1 aliphatic rings. The third-order valence-electron chi connectivity index (χ3n) is 4.83. The summed E-state index contributed by atoms with van der Waals surface area (Å²) in [5, 5.41) is 17.2. The van der Waals surface area contributed by atoms with Crippen LogP contribution in [0.5, 0.6) is 0 Å². The first kappa shape index (κ1) is 24.2. The van der Waals surface area contributed by atoms with E-state index in [9.17, 15) is 5.11 Å². The van der Waals surface area contributed by atoms with E-state index in [-0.39, 0.29) is 0 Å². The van der Waals surface area contributed by atoms with Crippen LogP contribution in [0.15, 0.2) is 71.9 Å². The summed E-state index contributed by atoms with van der Waals surface area (Å²) in [6, 6.07) is 6.41. The molecule has 0 bridgehead atoms. The van der Waals surface area contributed by atoms with Crippen molar-refractivity contribution in [3.63, 3.8) is 0 Å². The van der Waals surface area contributed by atoms with Gasteiger partial charge in [0.2, 0.25) is 0 Å². The molecular formula is C24H34N6O. The van der Waals surface area contributed by atoms with Crippen LogP contribution in [0.4, 0.5) is 11.4 Å². The Morgan fingerprint density at radius 2 is 1.84 bits per heavy atom. The maximum atomic E-state index is 10.6. The Labute approximate surface area is 185 Å². The van der Waals surface area contributed by atoms with Gasteiger partial charge in [0.25, 0.3) is 0 Å². The van der Waals surface area contributed by atoms with Crippen molar-refractivity contribution in [1.82, 2.24) is 15.3 Å². The fraction of sp³-hybridized carbons (Fsp3) is 0.375. The van der Waals surface area contributed by atoms with Gasteiger partial charge >= 0.3 is 0 Å². The van der Waals surface area contributed by atoms with Gasteiger partial charge in [-0.15, -0.1) is 0 Å². The third kappa shape index (κ3) is 7.96. The zero-order valence-electron chi connectivity index (χ0n) is 18.7. The summed E-state index contributed by atoms with van der Waals surface area (Å²) in [7, 11) is 0. The predicted octanol–water partition coefficient (Wildman–Crippen LogP) is 3.59. The Balaban J connectivity index is 0.000000488. The summed E-state index contributed by atoms with van der Waals surface area (Å²) in [4.78, 5) is 13.6. The number of nitrogens with one attached hydrogen (secondary N) is 2. The van der Waals surface area contributed by atoms with Gasteiger partial charge in [-0.1, -0.05) is 32.1 Å². The number of allylic oxidation sites excluding steroid dienone is 1. The standard InChI is InChI=1S/C20H30N4O.C4H4N2/c1-5-6-17(14-21-4)20(25)23-18-8-7-16(15(2)3)13-19(18)24-11-9-22-10-12-24;1-2-6-4-3-5-1/h5-8,13-15,20,22-23,25H,4,9-12H2,1-3H3;1-4H/b6-5-,17-14+;. The van der Waals surface area contributed by atoms with Crippen LogP contribution in [0.3, 0.4) is 0 Å². The lowest BCUT2D eigenvalue weighted by Gasteiger charge is -2.32. The first-order valence-electron chi connectivity index (χ1n) is 10.6. The van der Waals surface area contributed by atoms with Gasteiger partial charge in [0.15, 0.2) is 6.23 Å². The van der Waals surface area contributed by atoms with Crippen molar-refractivity contribution in [2.75, 3.05) is 36.4 Å². The molecule has 166 valence electrons. The largest absolute Gasteiger partial charge is 0.369 e. The maximum absolute atomic E-state index is 10.6. The quantitative estimate of drug-likeness (QED) is 0.359. The van der Waals surface area contributed by atoms with E-state index in [2.05, 4.69) is 69.3 Å². The molecule has 1 aromatic carbocycles. The molecule has 0 saturated carbocycles. The van der Waals surface area contributed by atoms with E-state index in [0.29, 0.717) is 11.5 Å². The third-order valence-corrected chi connectivity index (χ3v) is 4.83. The van der Waals surface area contributed by atoms with Gasteiger partial charge in [-0.2, -0.15) is 0 Å². The van der Waals surface area contributed by atoms with E-state index >= 15 is 0 Å². The highest BCUT2D eigenvalue weighted by Gasteiger charge is 2.18. The van der Waals surface area contributed by atoms with E-state index < -0.39 is 6.23 Å². The minimum Gasteiger partial charge on any atom is -0.369 e. The first-order chi connectivity index (χ1) is 15.1. The summed E-state index contributed by atoms with van der Waals surface area (Å²) in [5.74, 6) is 0.462. The molecule has 0 aliphatic carbocycles. The molecule has 7 nitrogen and oxygen atoms in total. The van der Waals surface area contributed by atoms with Crippen molar-refractivity contribution in [1.29, 1.82) is 0 Å². The first-order valence-corrected chi connectivity index (χ1v) is 10.6. The highest BCUT2D eigenvalue weighted by molar-refractivity contribution is 5.72. The van der Waals surface area contributed by atoms with Crippen LogP contribution < -0.4 is 15.5 Å². The molecule has 31 heavy (non-hydrogen) atoms. The normalized spacial score (nSPS) is 15.4. The molecule has 0 spiro atoms. The van der Waals surface area contributed by atoms with Crippen molar-refractivity contribution >= 4 is 18.1 Å². The molecule has 1 fully saturated rings. The number of aliphatic hydroxyl groups excluding tert-OH is 1. The van der Waals surface area contributed by atoms with Crippen LogP contribution in [0.25, 0.3) is 0 Å². The molecule has 0 amide bonds. The van der Waals surface area contributed by atoms with Crippen LogP contribution >= 0.6 is 0 Å². The smallest absolute Gasteiger partial charge is 0.152 e. The fourth-order valence-electron chi connectivity index (χ4n) is 3.18. The van der Waals surface area contributed by atoms with Crippen molar-refractivity contribution < 1.29 is 5.11 Å². The van der Waals surface area contributed by atoms with Gasteiger partial charge in [0.05, 0.1) is 11.4 Å². The van der Waals surface area contributed by atoms with Crippen LogP contribution in [0.2, 0.25) is 0 Å². The van der Waals surface area contributed by atoms with Crippen LogP contribution in [0, 0.1) is 0 Å². The zero-order chi connectivity index (χ0) is 22.5. The van der Waals surface area contributed by atoms with Gasteiger partial charge < -0.3 is 20.6 Å². The molecule has 1 aromatic heterocycles. The number of aliphatic hydroxyl groups is 1. The second kappa shape index (κ2) is 13.3. The van der Waals surface area contributed by atoms with Crippen LogP contribution in [-0.2, 0) is 0 Å². The van der Waals surface area contributed by atoms with Gasteiger partial charge in [-0.25, -0.2) is 0 Å². The molecule has 3 N–H and O–H groups in total. The zero-order valence-corrected chi connectivity index (χ0v) is 18.7. The summed E-state index contributed by atoms with van der Waals surface area (Å²) in [6.07, 6.45) is 11.0. The number of hydrogen-bond acceptors (Lipinski definition) is 7.